The van der Waals surface area contributed by atoms with Crippen molar-refractivity contribution in [2.45, 2.75) is 19.5 Å². The molecular formula is C18H25N5. The summed E-state index contributed by atoms with van der Waals surface area (Å²) >= 11 is 0. The fraction of sp³-hybridized carbons (Fsp3) is 0.500. The summed E-state index contributed by atoms with van der Waals surface area (Å²) in [6, 6.07) is 11.2. The predicted molar refractivity (Wildman–Crippen MR) is 92.6 cm³/mol. The molecule has 5 nitrogen and oxygen atoms in total. The Morgan fingerprint density at radius 1 is 1.09 bits per heavy atom. The number of fused-ring (bicyclic) bond motifs is 1. The monoisotopic (exact) mass is 311 g/mol. The fourth-order valence-corrected chi connectivity index (χ4v) is 3.90. The number of nitrogens with zero attached hydrogens (tertiary/aromatic N) is 4. The number of para-hydroxylation sites is 1. The van der Waals surface area contributed by atoms with Gasteiger partial charge in [-0.05, 0) is 19.1 Å². The average Bonchev–Trinajstić information content (AvgIpc) is 2.90. The maximum atomic E-state index is 4.72. The molecule has 1 aromatic heterocycles. The zero-order chi connectivity index (χ0) is 15.8. The Balaban J connectivity index is 1.50. The molecule has 0 radical (unpaired) electrons. The lowest BCUT2D eigenvalue weighted by molar-refractivity contribution is 0.168. The second kappa shape index (κ2) is 5.98. The Labute approximate surface area is 137 Å². The van der Waals surface area contributed by atoms with Crippen LogP contribution in [0.2, 0.25) is 0 Å². The van der Waals surface area contributed by atoms with Crippen LogP contribution in [0.1, 0.15) is 23.3 Å². The second-order valence-electron chi connectivity index (χ2n) is 6.56. The highest BCUT2D eigenvalue weighted by molar-refractivity contribution is 5.46. The van der Waals surface area contributed by atoms with E-state index >= 15 is 0 Å². The molecule has 1 aromatic carbocycles. The molecule has 2 aliphatic heterocycles. The molecule has 1 N–H and O–H groups in total. The molecule has 2 aliphatic rings. The van der Waals surface area contributed by atoms with Crippen molar-refractivity contribution in [3.05, 3.63) is 47.5 Å². The Morgan fingerprint density at radius 3 is 2.57 bits per heavy atom. The minimum absolute atomic E-state index is 0.447. The van der Waals surface area contributed by atoms with Crippen molar-refractivity contribution < 1.29 is 0 Å². The van der Waals surface area contributed by atoms with E-state index < -0.39 is 0 Å². The van der Waals surface area contributed by atoms with Gasteiger partial charge in [-0.2, -0.15) is 0 Å². The van der Waals surface area contributed by atoms with Crippen molar-refractivity contribution in [1.82, 2.24) is 19.8 Å². The van der Waals surface area contributed by atoms with Crippen molar-refractivity contribution in [3.63, 3.8) is 0 Å². The van der Waals surface area contributed by atoms with Gasteiger partial charge in [0.05, 0.1) is 17.4 Å². The normalized spacial score (nSPS) is 22.2. The van der Waals surface area contributed by atoms with Crippen LogP contribution in [0.3, 0.4) is 0 Å². The number of aromatic nitrogens is 2. The van der Waals surface area contributed by atoms with E-state index in [1.54, 1.807) is 0 Å². The minimum Gasteiger partial charge on any atom is -0.369 e. The summed E-state index contributed by atoms with van der Waals surface area (Å²) < 4.78 is 2.28. The van der Waals surface area contributed by atoms with Crippen LogP contribution in [0.15, 0.2) is 30.3 Å². The lowest BCUT2D eigenvalue weighted by Gasteiger charge is -2.41. The molecule has 5 heteroatoms. The fourth-order valence-electron chi connectivity index (χ4n) is 3.90. The third-order valence-corrected chi connectivity index (χ3v) is 5.26. The number of nitrogens with one attached hydrogen (secondary N) is 1. The first-order valence-corrected chi connectivity index (χ1v) is 8.51. The molecule has 23 heavy (non-hydrogen) atoms. The summed E-state index contributed by atoms with van der Waals surface area (Å²) in [4.78, 5) is 9.83. The maximum Gasteiger partial charge on any atom is 0.105 e. The van der Waals surface area contributed by atoms with Gasteiger partial charge in [-0.25, -0.2) is 4.98 Å². The lowest BCUT2D eigenvalue weighted by atomic mass is 10.0. The van der Waals surface area contributed by atoms with Gasteiger partial charge in [-0.15, -0.1) is 0 Å². The first-order valence-electron chi connectivity index (χ1n) is 8.51. The molecule has 0 aliphatic carbocycles. The number of rotatable bonds is 2. The third-order valence-electron chi connectivity index (χ3n) is 5.26. The molecule has 1 unspecified atom stereocenters. The van der Waals surface area contributed by atoms with E-state index in [1.807, 2.05) is 0 Å². The number of benzene rings is 1. The highest BCUT2D eigenvalue weighted by Crippen LogP contribution is 2.29. The van der Waals surface area contributed by atoms with Crippen molar-refractivity contribution >= 4 is 5.69 Å². The van der Waals surface area contributed by atoms with Crippen LogP contribution in [0.25, 0.3) is 0 Å². The molecule has 122 valence electrons. The molecule has 2 aromatic rings. The predicted octanol–water partition coefficient (Wildman–Crippen LogP) is 1.70. The quantitative estimate of drug-likeness (QED) is 0.916. The third kappa shape index (κ3) is 2.64. The number of hydrogen-bond acceptors (Lipinski definition) is 4. The van der Waals surface area contributed by atoms with E-state index in [0.29, 0.717) is 6.04 Å². The molecule has 0 saturated carbocycles. The Morgan fingerprint density at radius 2 is 1.83 bits per heavy atom. The van der Waals surface area contributed by atoms with E-state index in [2.05, 4.69) is 64.0 Å². The summed E-state index contributed by atoms with van der Waals surface area (Å²) in [5.74, 6) is 1.12. The van der Waals surface area contributed by atoms with Crippen molar-refractivity contribution in [3.8, 4) is 0 Å². The van der Waals surface area contributed by atoms with Gasteiger partial charge < -0.3 is 14.8 Å². The molecule has 1 saturated heterocycles. The van der Waals surface area contributed by atoms with E-state index in [4.69, 9.17) is 4.98 Å². The first-order chi connectivity index (χ1) is 11.2. The van der Waals surface area contributed by atoms with E-state index in [1.165, 1.54) is 17.1 Å². The highest BCUT2D eigenvalue weighted by Gasteiger charge is 2.32. The summed E-state index contributed by atoms with van der Waals surface area (Å²) in [6.45, 7) is 8.41. The van der Waals surface area contributed by atoms with Crippen molar-refractivity contribution in [2.75, 3.05) is 37.6 Å². The van der Waals surface area contributed by atoms with Gasteiger partial charge in [0.2, 0.25) is 0 Å². The number of piperazine rings is 1. The van der Waals surface area contributed by atoms with Gasteiger partial charge in [0, 0.05) is 52.0 Å². The van der Waals surface area contributed by atoms with Crippen LogP contribution < -0.4 is 10.2 Å². The molecule has 3 heterocycles. The minimum atomic E-state index is 0.447. The summed E-state index contributed by atoms with van der Waals surface area (Å²) in [5, 5.41) is 3.54. The molecule has 4 rings (SSSR count). The topological polar surface area (TPSA) is 36.3 Å². The van der Waals surface area contributed by atoms with E-state index in [9.17, 15) is 0 Å². The largest absolute Gasteiger partial charge is 0.369 e. The van der Waals surface area contributed by atoms with Crippen molar-refractivity contribution in [2.24, 2.45) is 7.05 Å². The molecule has 1 fully saturated rings. The lowest BCUT2D eigenvalue weighted by Crippen LogP contribution is -2.51. The number of aryl methyl sites for hydroxylation is 1. The molecular weight excluding hydrogens is 286 g/mol. The Bertz CT molecular complexity index is 670. The zero-order valence-corrected chi connectivity index (χ0v) is 14.0. The van der Waals surface area contributed by atoms with Crippen molar-refractivity contribution in [1.29, 1.82) is 0 Å². The first kappa shape index (κ1) is 14.7. The Hall–Kier alpha value is -1.85. The van der Waals surface area contributed by atoms with Gasteiger partial charge >= 0.3 is 0 Å². The van der Waals surface area contributed by atoms with Crippen LogP contribution in [-0.4, -0.2) is 47.2 Å². The summed E-state index contributed by atoms with van der Waals surface area (Å²) in [6.07, 6.45) is 0. The van der Waals surface area contributed by atoms with Crippen LogP contribution in [0.5, 0.6) is 0 Å². The van der Waals surface area contributed by atoms with Crippen LogP contribution in [-0.2, 0) is 13.6 Å². The number of anilines is 1. The second-order valence-corrected chi connectivity index (χ2v) is 6.56. The maximum absolute atomic E-state index is 4.72. The van der Waals surface area contributed by atoms with Crippen LogP contribution in [0.4, 0.5) is 5.69 Å². The average molecular weight is 311 g/mol. The molecule has 1 atom stereocenters. The van der Waals surface area contributed by atoms with E-state index in [0.717, 1.165) is 45.1 Å². The van der Waals surface area contributed by atoms with Crippen LogP contribution >= 0.6 is 0 Å². The summed E-state index contributed by atoms with van der Waals surface area (Å²) in [5.41, 5.74) is 3.98. The van der Waals surface area contributed by atoms with Gasteiger partial charge in [-0.3, -0.25) is 4.90 Å². The molecule has 0 amide bonds. The highest BCUT2D eigenvalue weighted by atomic mass is 15.3. The zero-order valence-electron chi connectivity index (χ0n) is 14.0. The van der Waals surface area contributed by atoms with E-state index in [-0.39, 0.29) is 0 Å². The van der Waals surface area contributed by atoms with Crippen LogP contribution in [0, 0.1) is 6.92 Å². The number of imidazole rings is 1. The van der Waals surface area contributed by atoms with Gasteiger partial charge in [-0.1, -0.05) is 18.2 Å². The SMILES string of the molecule is Cc1nc2c(n1C)C(N1CCN(c3ccccc3)CC1)CNC2. The smallest absolute Gasteiger partial charge is 0.105 e. The standard InChI is InChI=1S/C18H25N5/c1-14-20-16-12-19-13-17(18(16)21(14)2)23-10-8-22(9-11-23)15-6-4-3-5-7-15/h3-7,17,19H,8-13H2,1-2H3. The summed E-state index contributed by atoms with van der Waals surface area (Å²) in [7, 11) is 2.15. The molecule has 0 bridgehead atoms. The van der Waals surface area contributed by atoms with Gasteiger partial charge in [0.1, 0.15) is 5.82 Å². The van der Waals surface area contributed by atoms with Gasteiger partial charge in [0.15, 0.2) is 0 Å². The Kier molecular flexibility index (Phi) is 3.83. The molecule has 0 spiro atoms. The number of hydrogen-bond donors (Lipinski definition) is 1. The van der Waals surface area contributed by atoms with Gasteiger partial charge in [0.25, 0.3) is 0 Å².